The zero-order chi connectivity index (χ0) is 14.7. The number of aromatic amines is 1. The Morgan fingerprint density at radius 2 is 2.10 bits per heavy atom. The largest absolute Gasteiger partial charge is 0.381 e. The van der Waals surface area contributed by atoms with Crippen molar-refractivity contribution in [2.45, 2.75) is 25.5 Å². The van der Waals surface area contributed by atoms with E-state index in [4.69, 9.17) is 4.74 Å². The van der Waals surface area contributed by atoms with Gasteiger partial charge in [0.1, 0.15) is 6.54 Å². The minimum Gasteiger partial charge on any atom is -0.381 e. The van der Waals surface area contributed by atoms with Crippen molar-refractivity contribution in [2.75, 3.05) is 20.2 Å². The monoisotopic (exact) mass is 345 g/mol. The SMILES string of the molecule is COC1CCN(C(=O)Cn2cc(Br)c(=O)[nH]c2=O)CC1. The fourth-order valence-electron chi connectivity index (χ4n) is 2.19. The van der Waals surface area contributed by atoms with E-state index in [1.54, 1.807) is 12.0 Å². The van der Waals surface area contributed by atoms with Crippen LogP contribution in [0.15, 0.2) is 20.3 Å². The maximum absolute atomic E-state index is 12.1. The van der Waals surface area contributed by atoms with Crippen LogP contribution in [0.5, 0.6) is 0 Å². The molecule has 1 amide bonds. The Hall–Kier alpha value is -1.41. The van der Waals surface area contributed by atoms with E-state index in [1.807, 2.05) is 0 Å². The molecule has 110 valence electrons. The van der Waals surface area contributed by atoms with E-state index in [0.717, 1.165) is 12.8 Å². The summed E-state index contributed by atoms with van der Waals surface area (Å²) in [5.74, 6) is -0.138. The summed E-state index contributed by atoms with van der Waals surface area (Å²) >= 11 is 3.04. The molecule has 1 aromatic heterocycles. The number of carbonyl (C=O) groups excluding carboxylic acids is 1. The molecule has 1 saturated heterocycles. The summed E-state index contributed by atoms with van der Waals surface area (Å²) < 4.78 is 6.66. The number of nitrogens with zero attached hydrogens (tertiary/aromatic N) is 2. The lowest BCUT2D eigenvalue weighted by Crippen LogP contribution is -2.43. The van der Waals surface area contributed by atoms with Crippen molar-refractivity contribution in [3.8, 4) is 0 Å². The number of hydrogen-bond donors (Lipinski definition) is 1. The van der Waals surface area contributed by atoms with Crippen molar-refractivity contribution >= 4 is 21.8 Å². The number of ether oxygens (including phenoxy) is 1. The maximum Gasteiger partial charge on any atom is 0.328 e. The minimum atomic E-state index is -0.585. The standard InChI is InChI=1S/C12H16BrN3O4/c1-20-8-2-4-15(5-3-8)10(17)7-16-6-9(13)11(18)14-12(16)19/h6,8H,2-5,7H2,1H3,(H,14,18,19). The predicted octanol–water partition coefficient (Wildman–Crippen LogP) is -0.0635. The molecule has 2 heterocycles. The zero-order valence-electron chi connectivity index (χ0n) is 11.1. The van der Waals surface area contributed by atoms with Crippen LogP contribution >= 0.6 is 15.9 Å². The van der Waals surface area contributed by atoms with Gasteiger partial charge in [-0.25, -0.2) is 4.79 Å². The van der Waals surface area contributed by atoms with Crippen molar-refractivity contribution in [3.63, 3.8) is 0 Å². The summed E-state index contributed by atoms with van der Waals surface area (Å²) in [6.45, 7) is 1.17. The highest BCUT2D eigenvalue weighted by Gasteiger charge is 2.22. The average Bonchev–Trinajstić information content (AvgIpc) is 2.44. The third-order valence-corrected chi connectivity index (χ3v) is 3.97. The van der Waals surface area contributed by atoms with Gasteiger partial charge in [0.25, 0.3) is 5.56 Å². The molecule has 0 saturated carbocycles. The third kappa shape index (κ3) is 3.37. The van der Waals surface area contributed by atoms with Crippen molar-refractivity contribution in [3.05, 3.63) is 31.5 Å². The number of halogens is 1. The molecular formula is C12H16BrN3O4. The highest BCUT2D eigenvalue weighted by molar-refractivity contribution is 9.10. The average molecular weight is 346 g/mol. The van der Waals surface area contributed by atoms with Gasteiger partial charge in [-0.1, -0.05) is 0 Å². The topological polar surface area (TPSA) is 84.4 Å². The number of aromatic nitrogens is 2. The Balaban J connectivity index is 2.04. The second kappa shape index (κ2) is 6.36. The minimum absolute atomic E-state index is 0.0775. The molecule has 1 fully saturated rings. The summed E-state index contributed by atoms with van der Waals surface area (Å²) in [4.78, 5) is 38.8. The van der Waals surface area contributed by atoms with E-state index >= 15 is 0 Å². The van der Waals surface area contributed by atoms with E-state index in [2.05, 4.69) is 20.9 Å². The lowest BCUT2D eigenvalue weighted by Gasteiger charge is -2.31. The molecule has 0 atom stereocenters. The van der Waals surface area contributed by atoms with Gasteiger partial charge in [0.15, 0.2) is 0 Å². The Labute approximate surface area is 123 Å². The van der Waals surface area contributed by atoms with E-state index < -0.39 is 11.2 Å². The van der Waals surface area contributed by atoms with Crippen molar-refractivity contribution < 1.29 is 9.53 Å². The first-order valence-corrected chi connectivity index (χ1v) is 7.10. The molecule has 0 unspecified atom stereocenters. The summed E-state index contributed by atoms with van der Waals surface area (Å²) in [5, 5.41) is 0. The van der Waals surface area contributed by atoms with Crippen molar-refractivity contribution in [1.29, 1.82) is 0 Å². The molecule has 7 nitrogen and oxygen atoms in total. The second-order valence-corrected chi connectivity index (χ2v) is 5.53. The molecule has 20 heavy (non-hydrogen) atoms. The molecule has 0 aliphatic carbocycles. The van der Waals surface area contributed by atoms with Crippen LogP contribution in [0.2, 0.25) is 0 Å². The smallest absolute Gasteiger partial charge is 0.328 e. The molecule has 0 radical (unpaired) electrons. The molecule has 1 aliphatic rings. The van der Waals surface area contributed by atoms with Gasteiger partial charge < -0.3 is 9.64 Å². The van der Waals surface area contributed by atoms with Gasteiger partial charge in [-0.2, -0.15) is 0 Å². The van der Waals surface area contributed by atoms with Gasteiger partial charge in [-0.3, -0.25) is 19.1 Å². The fourth-order valence-corrected chi connectivity index (χ4v) is 2.53. The van der Waals surface area contributed by atoms with Gasteiger partial charge in [-0.15, -0.1) is 0 Å². The van der Waals surface area contributed by atoms with Crippen LogP contribution in [0.25, 0.3) is 0 Å². The lowest BCUT2D eigenvalue weighted by atomic mass is 10.1. The Bertz CT molecular complexity index is 601. The Morgan fingerprint density at radius 1 is 1.45 bits per heavy atom. The van der Waals surface area contributed by atoms with Crippen LogP contribution in [0.3, 0.4) is 0 Å². The number of likely N-dealkylation sites (tertiary alicyclic amines) is 1. The van der Waals surface area contributed by atoms with Crippen molar-refractivity contribution in [1.82, 2.24) is 14.5 Å². The number of rotatable bonds is 3. The predicted molar refractivity (Wildman–Crippen MR) is 75.6 cm³/mol. The van der Waals surface area contributed by atoms with Crippen LogP contribution in [-0.4, -0.2) is 46.7 Å². The van der Waals surface area contributed by atoms with Crippen LogP contribution in [0.4, 0.5) is 0 Å². The van der Waals surface area contributed by atoms with E-state index in [9.17, 15) is 14.4 Å². The number of H-pyrrole nitrogens is 1. The van der Waals surface area contributed by atoms with Crippen LogP contribution in [-0.2, 0) is 16.1 Å². The van der Waals surface area contributed by atoms with E-state index in [-0.39, 0.29) is 23.0 Å². The maximum atomic E-state index is 12.1. The number of hydrogen-bond acceptors (Lipinski definition) is 4. The van der Waals surface area contributed by atoms with Gasteiger partial charge in [-0.05, 0) is 28.8 Å². The number of methoxy groups -OCH3 is 1. The summed E-state index contributed by atoms with van der Waals surface area (Å²) in [6, 6.07) is 0. The lowest BCUT2D eigenvalue weighted by molar-refractivity contribution is -0.134. The van der Waals surface area contributed by atoms with E-state index in [1.165, 1.54) is 10.8 Å². The van der Waals surface area contributed by atoms with E-state index in [0.29, 0.717) is 13.1 Å². The quantitative estimate of drug-likeness (QED) is 0.831. The molecule has 2 rings (SSSR count). The number of nitrogens with one attached hydrogen (secondary N) is 1. The molecule has 1 aliphatic heterocycles. The molecule has 8 heteroatoms. The molecule has 1 aromatic rings. The molecule has 0 bridgehead atoms. The summed E-state index contributed by atoms with van der Waals surface area (Å²) in [6.07, 6.45) is 3.13. The van der Waals surface area contributed by atoms with Crippen LogP contribution in [0, 0.1) is 0 Å². The summed E-state index contributed by atoms with van der Waals surface area (Å²) in [7, 11) is 1.67. The van der Waals surface area contributed by atoms with Gasteiger partial charge >= 0.3 is 5.69 Å². The van der Waals surface area contributed by atoms with Gasteiger partial charge in [0.2, 0.25) is 5.91 Å². The normalized spacial score (nSPS) is 16.4. The molecule has 1 N–H and O–H groups in total. The molecular weight excluding hydrogens is 330 g/mol. The van der Waals surface area contributed by atoms with Gasteiger partial charge in [0, 0.05) is 26.4 Å². The highest BCUT2D eigenvalue weighted by atomic mass is 79.9. The third-order valence-electron chi connectivity index (χ3n) is 3.40. The highest BCUT2D eigenvalue weighted by Crippen LogP contribution is 2.13. The fraction of sp³-hybridized carbons (Fsp3) is 0.583. The second-order valence-electron chi connectivity index (χ2n) is 4.68. The Kier molecular flexibility index (Phi) is 4.77. The molecule has 0 aromatic carbocycles. The first-order valence-electron chi connectivity index (χ1n) is 6.31. The van der Waals surface area contributed by atoms with Crippen LogP contribution in [0.1, 0.15) is 12.8 Å². The van der Waals surface area contributed by atoms with Crippen molar-refractivity contribution in [2.24, 2.45) is 0 Å². The van der Waals surface area contributed by atoms with Crippen LogP contribution < -0.4 is 11.2 Å². The first-order chi connectivity index (χ1) is 9.51. The Morgan fingerprint density at radius 3 is 2.70 bits per heavy atom. The van der Waals surface area contributed by atoms with Gasteiger partial charge in [0.05, 0.1) is 10.6 Å². The summed E-state index contributed by atoms with van der Waals surface area (Å²) in [5.41, 5.74) is -1.09. The molecule has 0 spiro atoms. The number of piperidine rings is 1. The number of carbonyl (C=O) groups is 1. The number of amides is 1. The zero-order valence-corrected chi connectivity index (χ0v) is 12.7. The first kappa shape index (κ1) is 15.0.